The van der Waals surface area contributed by atoms with Crippen LogP contribution in [0, 0.1) is 0 Å². The number of para-hydroxylation sites is 1. The predicted molar refractivity (Wildman–Crippen MR) is 83.0 cm³/mol. The van der Waals surface area contributed by atoms with E-state index in [9.17, 15) is 22.8 Å². The molecule has 0 saturated heterocycles. The van der Waals surface area contributed by atoms with Crippen molar-refractivity contribution in [2.24, 2.45) is 0 Å². The van der Waals surface area contributed by atoms with Crippen LogP contribution in [0.15, 0.2) is 63.8 Å². The van der Waals surface area contributed by atoms with E-state index < -0.39 is 17.7 Å². The van der Waals surface area contributed by atoms with E-state index in [1.54, 1.807) is 24.3 Å². The van der Waals surface area contributed by atoms with Crippen molar-refractivity contribution in [3.63, 3.8) is 0 Å². The second-order valence-corrected chi connectivity index (χ2v) is 5.24. The van der Waals surface area contributed by atoms with Crippen LogP contribution < -0.4 is 5.43 Å². The largest absolute Gasteiger partial charge is 0.455 e. The fraction of sp³-hybridized carbons (Fsp3) is 0.111. The van der Waals surface area contributed by atoms with Gasteiger partial charge in [-0.1, -0.05) is 24.3 Å². The van der Waals surface area contributed by atoms with Gasteiger partial charge in [0.1, 0.15) is 12.2 Å². The van der Waals surface area contributed by atoms with Gasteiger partial charge in [-0.15, -0.1) is 0 Å². The van der Waals surface area contributed by atoms with Crippen LogP contribution in [0.3, 0.4) is 0 Å². The van der Waals surface area contributed by atoms with E-state index in [2.05, 4.69) is 0 Å². The topological polar surface area (TPSA) is 56.5 Å². The summed E-state index contributed by atoms with van der Waals surface area (Å²) in [5, 5.41) is 0.335. The Kier molecular flexibility index (Phi) is 4.31. The van der Waals surface area contributed by atoms with Crippen molar-refractivity contribution in [1.29, 1.82) is 0 Å². The highest BCUT2D eigenvalue weighted by molar-refractivity contribution is 5.88. The highest BCUT2D eigenvalue weighted by atomic mass is 19.4. The molecule has 0 radical (unpaired) electrons. The molecule has 3 rings (SSSR count). The lowest BCUT2D eigenvalue weighted by Gasteiger charge is -2.08. The summed E-state index contributed by atoms with van der Waals surface area (Å²) in [6.45, 7) is -0.243. The lowest BCUT2D eigenvalue weighted by molar-refractivity contribution is -0.137. The minimum atomic E-state index is -4.43. The Bertz CT molecular complexity index is 972. The first-order valence-corrected chi connectivity index (χ1v) is 7.21. The first-order chi connectivity index (χ1) is 11.8. The monoisotopic (exact) mass is 348 g/mol. The van der Waals surface area contributed by atoms with Gasteiger partial charge in [0.15, 0.2) is 5.43 Å². The molecule has 2 aromatic carbocycles. The van der Waals surface area contributed by atoms with Gasteiger partial charge in [-0.05, 0) is 29.8 Å². The van der Waals surface area contributed by atoms with E-state index in [4.69, 9.17) is 9.15 Å². The lowest BCUT2D eigenvalue weighted by atomic mass is 10.1. The van der Waals surface area contributed by atoms with Gasteiger partial charge in [-0.3, -0.25) is 4.79 Å². The SMILES string of the molecule is O=C(OCc1ccc(C(F)(F)F)cc1)c1cc(=O)c2ccccc2o1. The minimum absolute atomic E-state index is 0.243. The van der Waals surface area contributed by atoms with Crippen molar-refractivity contribution in [2.45, 2.75) is 12.8 Å². The number of benzene rings is 2. The van der Waals surface area contributed by atoms with Crippen molar-refractivity contribution >= 4 is 16.9 Å². The van der Waals surface area contributed by atoms with Gasteiger partial charge in [0.2, 0.25) is 5.76 Å². The molecule has 4 nitrogen and oxygen atoms in total. The summed E-state index contributed by atoms with van der Waals surface area (Å²) in [5.74, 6) is -1.14. The van der Waals surface area contributed by atoms with Gasteiger partial charge in [-0.25, -0.2) is 4.79 Å². The molecule has 1 aromatic heterocycles. The number of halogens is 3. The number of hydrogen-bond donors (Lipinski definition) is 0. The number of alkyl halides is 3. The highest BCUT2D eigenvalue weighted by Gasteiger charge is 2.29. The van der Waals surface area contributed by atoms with Gasteiger partial charge < -0.3 is 9.15 Å². The molecule has 0 N–H and O–H groups in total. The number of carbonyl (C=O) groups is 1. The summed E-state index contributed by atoms with van der Waals surface area (Å²) in [6.07, 6.45) is -4.43. The number of rotatable bonds is 3. The molecule has 0 aliphatic heterocycles. The zero-order chi connectivity index (χ0) is 18.0. The third-order valence-corrected chi connectivity index (χ3v) is 3.49. The van der Waals surface area contributed by atoms with E-state index in [1.165, 1.54) is 12.1 Å². The Morgan fingerprint density at radius 1 is 1.04 bits per heavy atom. The fourth-order valence-electron chi connectivity index (χ4n) is 2.21. The van der Waals surface area contributed by atoms with Crippen LogP contribution in [0.5, 0.6) is 0 Å². The molecule has 0 aliphatic rings. The second kappa shape index (κ2) is 6.43. The van der Waals surface area contributed by atoms with E-state index >= 15 is 0 Å². The minimum Gasteiger partial charge on any atom is -0.455 e. The van der Waals surface area contributed by atoms with Crippen LogP contribution in [0.1, 0.15) is 21.7 Å². The Morgan fingerprint density at radius 2 is 1.72 bits per heavy atom. The molecule has 128 valence electrons. The number of hydrogen-bond acceptors (Lipinski definition) is 4. The lowest BCUT2D eigenvalue weighted by Crippen LogP contribution is -2.10. The maximum Gasteiger partial charge on any atom is 0.416 e. The van der Waals surface area contributed by atoms with Crippen molar-refractivity contribution in [3.8, 4) is 0 Å². The maximum absolute atomic E-state index is 12.5. The summed E-state index contributed by atoms with van der Waals surface area (Å²) >= 11 is 0. The maximum atomic E-state index is 12.5. The summed E-state index contributed by atoms with van der Waals surface area (Å²) in [4.78, 5) is 23.9. The van der Waals surface area contributed by atoms with Crippen LogP contribution in [0.2, 0.25) is 0 Å². The molecule has 0 fully saturated rings. The van der Waals surface area contributed by atoms with Crippen LogP contribution in [0.4, 0.5) is 13.2 Å². The summed E-state index contributed by atoms with van der Waals surface area (Å²) in [7, 11) is 0. The average molecular weight is 348 g/mol. The van der Waals surface area contributed by atoms with Crippen molar-refractivity contribution in [2.75, 3.05) is 0 Å². The van der Waals surface area contributed by atoms with Crippen LogP contribution in [-0.2, 0) is 17.5 Å². The molecule has 0 saturated carbocycles. The standard InChI is InChI=1S/C18H11F3O4/c19-18(20,21)12-7-5-11(6-8-12)10-24-17(23)16-9-14(22)13-3-1-2-4-15(13)25-16/h1-9H,10H2. The molecule has 7 heteroatoms. The average Bonchev–Trinajstić information content (AvgIpc) is 2.59. The number of fused-ring (bicyclic) bond motifs is 1. The molecule has 0 spiro atoms. The Labute approximate surface area is 139 Å². The Balaban J connectivity index is 1.74. The Morgan fingerprint density at radius 3 is 2.40 bits per heavy atom. The summed E-state index contributed by atoms with van der Waals surface area (Å²) in [6, 6.07) is 11.7. The first-order valence-electron chi connectivity index (χ1n) is 7.21. The number of esters is 1. The van der Waals surface area contributed by atoms with Gasteiger partial charge in [0, 0.05) is 6.07 Å². The fourth-order valence-corrected chi connectivity index (χ4v) is 2.21. The van der Waals surface area contributed by atoms with Gasteiger partial charge >= 0.3 is 12.1 Å². The van der Waals surface area contributed by atoms with Gasteiger partial charge in [0.05, 0.1) is 10.9 Å². The summed E-state index contributed by atoms with van der Waals surface area (Å²) in [5.41, 5.74) is -0.549. The predicted octanol–water partition coefficient (Wildman–Crippen LogP) is 4.17. The van der Waals surface area contributed by atoms with E-state index in [1.807, 2.05) is 0 Å². The highest BCUT2D eigenvalue weighted by Crippen LogP contribution is 2.29. The van der Waals surface area contributed by atoms with Crippen LogP contribution in [-0.4, -0.2) is 5.97 Å². The normalized spacial score (nSPS) is 11.5. The number of ether oxygens (including phenoxy) is 1. The molecular weight excluding hydrogens is 337 g/mol. The molecule has 0 aliphatic carbocycles. The van der Waals surface area contributed by atoms with Gasteiger partial charge in [0.25, 0.3) is 0 Å². The smallest absolute Gasteiger partial charge is 0.416 e. The first kappa shape index (κ1) is 16.8. The quantitative estimate of drug-likeness (QED) is 0.667. The van der Waals surface area contributed by atoms with E-state index in [-0.39, 0.29) is 23.4 Å². The molecule has 0 atom stereocenters. The van der Waals surface area contributed by atoms with Crippen LogP contribution in [0.25, 0.3) is 11.0 Å². The van der Waals surface area contributed by atoms with E-state index in [0.717, 1.165) is 18.2 Å². The third kappa shape index (κ3) is 3.71. The molecular formula is C18H11F3O4. The zero-order valence-corrected chi connectivity index (χ0v) is 12.7. The van der Waals surface area contributed by atoms with Gasteiger partial charge in [-0.2, -0.15) is 13.2 Å². The second-order valence-electron chi connectivity index (χ2n) is 5.24. The van der Waals surface area contributed by atoms with Crippen molar-refractivity contribution in [1.82, 2.24) is 0 Å². The van der Waals surface area contributed by atoms with Crippen molar-refractivity contribution < 1.29 is 27.1 Å². The third-order valence-electron chi connectivity index (χ3n) is 3.49. The van der Waals surface area contributed by atoms with E-state index in [0.29, 0.717) is 10.9 Å². The zero-order valence-electron chi connectivity index (χ0n) is 12.7. The molecule has 0 amide bonds. The molecule has 0 unspecified atom stereocenters. The number of carbonyl (C=O) groups excluding carboxylic acids is 1. The molecule has 1 heterocycles. The summed E-state index contributed by atoms with van der Waals surface area (Å²) < 4.78 is 47.8. The molecule has 3 aromatic rings. The molecule has 0 bridgehead atoms. The van der Waals surface area contributed by atoms with Crippen LogP contribution >= 0.6 is 0 Å². The van der Waals surface area contributed by atoms with Crippen molar-refractivity contribution in [3.05, 3.63) is 81.7 Å². The Hall–Kier alpha value is -3.09. The molecule has 25 heavy (non-hydrogen) atoms.